The number of aromatic hydroxyl groups is 1. The molecule has 0 saturated carbocycles. The highest BCUT2D eigenvalue weighted by Crippen LogP contribution is 2.30. The van der Waals surface area contributed by atoms with Crippen LogP contribution in [0.2, 0.25) is 0 Å². The average molecular weight is 319 g/mol. The van der Waals surface area contributed by atoms with E-state index in [1.807, 2.05) is 50.2 Å². The SMILES string of the molecule is CCc1nn(-c2ccc(-c3nc4ccccc4[nH]3)c(O)c2)nc1C. The monoisotopic (exact) mass is 319 g/mol. The van der Waals surface area contributed by atoms with Crippen LogP contribution in [0.1, 0.15) is 18.3 Å². The first-order valence-electron chi connectivity index (χ1n) is 7.87. The van der Waals surface area contributed by atoms with Crippen molar-refractivity contribution in [1.29, 1.82) is 0 Å². The molecule has 0 fully saturated rings. The van der Waals surface area contributed by atoms with Crippen LogP contribution in [0.3, 0.4) is 0 Å². The molecular formula is C18H17N5O. The van der Waals surface area contributed by atoms with Crippen molar-refractivity contribution in [3.05, 3.63) is 53.9 Å². The van der Waals surface area contributed by atoms with Crippen LogP contribution < -0.4 is 0 Å². The molecule has 0 bridgehead atoms. The Hall–Kier alpha value is -3.15. The van der Waals surface area contributed by atoms with E-state index in [-0.39, 0.29) is 5.75 Å². The molecule has 2 aromatic carbocycles. The topological polar surface area (TPSA) is 79.6 Å². The van der Waals surface area contributed by atoms with E-state index in [9.17, 15) is 5.11 Å². The van der Waals surface area contributed by atoms with Crippen LogP contribution in [0.5, 0.6) is 5.75 Å². The minimum absolute atomic E-state index is 0.138. The summed E-state index contributed by atoms with van der Waals surface area (Å²) in [6.07, 6.45) is 0.828. The fraction of sp³-hybridized carbons (Fsp3) is 0.167. The molecule has 0 atom stereocenters. The highest BCUT2D eigenvalue weighted by molar-refractivity contribution is 5.80. The summed E-state index contributed by atoms with van der Waals surface area (Å²) in [6, 6.07) is 13.1. The lowest BCUT2D eigenvalue weighted by Gasteiger charge is -2.04. The molecule has 0 saturated heterocycles. The Balaban J connectivity index is 1.76. The second-order valence-electron chi connectivity index (χ2n) is 5.68. The Bertz CT molecular complexity index is 998. The van der Waals surface area contributed by atoms with Gasteiger partial charge in [0.2, 0.25) is 0 Å². The summed E-state index contributed by atoms with van der Waals surface area (Å²) in [4.78, 5) is 9.30. The van der Waals surface area contributed by atoms with E-state index in [0.29, 0.717) is 11.4 Å². The number of nitrogens with zero attached hydrogens (tertiary/aromatic N) is 4. The van der Waals surface area contributed by atoms with Gasteiger partial charge in [0.25, 0.3) is 0 Å². The Kier molecular flexibility index (Phi) is 3.30. The molecule has 120 valence electrons. The molecule has 6 nitrogen and oxygen atoms in total. The number of nitrogens with one attached hydrogen (secondary N) is 1. The number of para-hydroxylation sites is 2. The van der Waals surface area contributed by atoms with E-state index in [1.54, 1.807) is 10.9 Å². The number of benzene rings is 2. The van der Waals surface area contributed by atoms with Crippen molar-refractivity contribution in [2.75, 3.05) is 0 Å². The second kappa shape index (κ2) is 5.49. The molecule has 0 radical (unpaired) electrons. The van der Waals surface area contributed by atoms with Crippen LogP contribution in [0.15, 0.2) is 42.5 Å². The third-order valence-electron chi connectivity index (χ3n) is 4.07. The molecule has 24 heavy (non-hydrogen) atoms. The molecule has 0 spiro atoms. The minimum Gasteiger partial charge on any atom is -0.507 e. The number of aromatic nitrogens is 5. The molecule has 0 aliphatic heterocycles. The lowest BCUT2D eigenvalue weighted by atomic mass is 10.1. The van der Waals surface area contributed by atoms with Crippen molar-refractivity contribution < 1.29 is 5.11 Å². The fourth-order valence-corrected chi connectivity index (χ4v) is 2.78. The van der Waals surface area contributed by atoms with Gasteiger partial charge in [-0.05, 0) is 37.6 Å². The predicted octanol–water partition coefficient (Wildman–Crippen LogP) is 3.39. The summed E-state index contributed by atoms with van der Waals surface area (Å²) in [5, 5.41) is 19.3. The first-order chi connectivity index (χ1) is 11.7. The van der Waals surface area contributed by atoms with Gasteiger partial charge in [0.05, 0.1) is 33.7 Å². The molecule has 4 rings (SSSR count). The number of hydrogen-bond donors (Lipinski definition) is 2. The molecule has 4 aromatic rings. The van der Waals surface area contributed by atoms with Gasteiger partial charge in [-0.3, -0.25) is 0 Å². The Labute approximate surface area is 138 Å². The molecule has 2 heterocycles. The molecule has 0 aliphatic carbocycles. The predicted molar refractivity (Wildman–Crippen MR) is 92.2 cm³/mol. The third kappa shape index (κ3) is 2.32. The summed E-state index contributed by atoms with van der Waals surface area (Å²) >= 11 is 0. The average Bonchev–Trinajstić information content (AvgIpc) is 3.17. The molecule has 2 aromatic heterocycles. The maximum absolute atomic E-state index is 10.4. The van der Waals surface area contributed by atoms with Crippen LogP contribution in [0.4, 0.5) is 0 Å². The summed E-state index contributed by atoms with van der Waals surface area (Å²) < 4.78 is 0. The number of imidazole rings is 1. The number of H-pyrrole nitrogens is 1. The Morgan fingerprint density at radius 1 is 1.12 bits per heavy atom. The van der Waals surface area contributed by atoms with E-state index in [1.165, 1.54) is 0 Å². The van der Waals surface area contributed by atoms with Crippen LogP contribution in [0.25, 0.3) is 28.1 Å². The number of fused-ring (bicyclic) bond motifs is 1. The van der Waals surface area contributed by atoms with Crippen molar-refractivity contribution in [1.82, 2.24) is 25.0 Å². The van der Waals surface area contributed by atoms with Crippen molar-refractivity contribution in [3.63, 3.8) is 0 Å². The molecule has 0 unspecified atom stereocenters. The Morgan fingerprint density at radius 2 is 1.96 bits per heavy atom. The zero-order valence-corrected chi connectivity index (χ0v) is 13.5. The van der Waals surface area contributed by atoms with E-state index >= 15 is 0 Å². The second-order valence-corrected chi connectivity index (χ2v) is 5.68. The van der Waals surface area contributed by atoms with Crippen LogP contribution in [-0.4, -0.2) is 30.1 Å². The highest BCUT2D eigenvalue weighted by atomic mass is 16.3. The van der Waals surface area contributed by atoms with E-state index < -0.39 is 0 Å². The first kappa shape index (κ1) is 14.4. The summed E-state index contributed by atoms with van der Waals surface area (Å²) in [7, 11) is 0. The van der Waals surface area contributed by atoms with Crippen molar-refractivity contribution in [2.24, 2.45) is 0 Å². The van der Waals surface area contributed by atoms with Gasteiger partial charge in [-0.1, -0.05) is 19.1 Å². The van der Waals surface area contributed by atoms with Gasteiger partial charge in [-0.2, -0.15) is 15.0 Å². The van der Waals surface area contributed by atoms with Crippen molar-refractivity contribution in [2.45, 2.75) is 20.3 Å². The Morgan fingerprint density at radius 3 is 2.67 bits per heavy atom. The standard InChI is InChI=1S/C18H17N5O/c1-3-14-11(2)21-23(22-14)12-8-9-13(17(24)10-12)18-19-15-6-4-5-7-16(15)20-18/h4-10,24H,3H2,1-2H3,(H,19,20). The van der Waals surface area contributed by atoms with Gasteiger partial charge < -0.3 is 10.1 Å². The first-order valence-corrected chi connectivity index (χ1v) is 7.87. The largest absolute Gasteiger partial charge is 0.507 e. The molecule has 2 N–H and O–H groups in total. The number of phenolic OH excluding ortho intramolecular Hbond substituents is 1. The summed E-state index contributed by atoms with van der Waals surface area (Å²) in [5.41, 5.74) is 5.03. The van der Waals surface area contributed by atoms with Gasteiger partial charge in [-0.15, -0.1) is 0 Å². The number of rotatable bonds is 3. The highest BCUT2D eigenvalue weighted by Gasteiger charge is 2.12. The normalized spacial score (nSPS) is 11.2. The van der Waals surface area contributed by atoms with Gasteiger partial charge in [0, 0.05) is 6.07 Å². The van der Waals surface area contributed by atoms with E-state index in [4.69, 9.17) is 0 Å². The maximum Gasteiger partial charge on any atom is 0.142 e. The van der Waals surface area contributed by atoms with Gasteiger partial charge in [0.1, 0.15) is 11.6 Å². The van der Waals surface area contributed by atoms with Crippen LogP contribution in [-0.2, 0) is 6.42 Å². The number of phenols is 1. The summed E-state index contributed by atoms with van der Waals surface area (Å²) in [5.74, 6) is 0.777. The number of aryl methyl sites for hydroxylation is 2. The van der Waals surface area contributed by atoms with Crippen molar-refractivity contribution >= 4 is 11.0 Å². The zero-order valence-electron chi connectivity index (χ0n) is 13.5. The van der Waals surface area contributed by atoms with Gasteiger partial charge >= 0.3 is 0 Å². The van der Waals surface area contributed by atoms with Crippen LogP contribution >= 0.6 is 0 Å². The zero-order chi connectivity index (χ0) is 16.7. The molecule has 0 amide bonds. The van der Waals surface area contributed by atoms with Gasteiger partial charge in [0.15, 0.2) is 0 Å². The lowest BCUT2D eigenvalue weighted by Crippen LogP contribution is -1.99. The smallest absolute Gasteiger partial charge is 0.142 e. The lowest BCUT2D eigenvalue weighted by molar-refractivity contribution is 0.476. The number of hydrogen-bond acceptors (Lipinski definition) is 4. The van der Waals surface area contributed by atoms with E-state index in [2.05, 4.69) is 20.2 Å². The third-order valence-corrected chi connectivity index (χ3v) is 4.07. The molecule has 0 aliphatic rings. The van der Waals surface area contributed by atoms with E-state index in [0.717, 1.165) is 34.5 Å². The van der Waals surface area contributed by atoms with Crippen molar-refractivity contribution in [3.8, 4) is 22.8 Å². The number of aromatic amines is 1. The van der Waals surface area contributed by atoms with Crippen LogP contribution in [0, 0.1) is 6.92 Å². The minimum atomic E-state index is 0.138. The maximum atomic E-state index is 10.4. The fourth-order valence-electron chi connectivity index (χ4n) is 2.78. The quantitative estimate of drug-likeness (QED) is 0.606. The molecular weight excluding hydrogens is 302 g/mol. The van der Waals surface area contributed by atoms with Gasteiger partial charge in [-0.25, -0.2) is 4.98 Å². The summed E-state index contributed by atoms with van der Waals surface area (Å²) in [6.45, 7) is 3.98. The molecule has 6 heteroatoms.